The maximum Gasteiger partial charge on any atom is 0.348 e. The summed E-state index contributed by atoms with van der Waals surface area (Å²) in [4.78, 5) is 45.4. The summed E-state index contributed by atoms with van der Waals surface area (Å²) in [5, 5.41) is 2.59. The SMILES string of the molecule is COc1ccc2c(c1)c(CC(=O)ON(C(N)=O)C(C)c1cc3ccccc3s1)c(C)n2C(=O)C=Cc1ccccc1. The number of hydrogen-bond acceptors (Lipinski definition) is 6. The molecule has 0 spiro atoms. The molecule has 2 heterocycles. The minimum Gasteiger partial charge on any atom is -0.497 e. The van der Waals surface area contributed by atoms with Crippen LogP contribution in [-0.4, -0.2) is 34.6 Å². The van der Waals surface area contributed by atoms with E-state index in [4.69, 9.17) is 15.3 Å². The average Bonchev–Trinajstić information content (AvgIpc) is 3.53. The number of ether oxygens (including phenoxy) is 1. The lowest BCUT2D eigenvalue weighted by molar-refractivity contribution is -0.182. The Hall–Kier alpha value is -4.89. The van der Waals surface area contributed by atoms with E-state index in [0.717, 1.165) is 25.6 Å². The number of nitrogens with zero attached hydrogens (tertiary/aromatic N) is 2. The molecular weight excluding hydrogens is 538 g/mol. The van der Waals surface area contributed by atoms with Gasteiger partial charge in [-0.25, -0.2) is 9.59 Å². The molecule has 9 heteroatoms. The van der Waals surface area contributed by atoms with Gasteiger partial charge in [0.2, 0.25) is 0 Å². The third kappa shape index (κ3) is 5.71. The molecule has 8 nitrogen and oxygen atoms in total. The minimum absolute atomic E-state index is 0.193. The molecule has 2 aromatic heterocycles. The quantitative estimate of drug-likeness (QED) is 0.175. The molecule has 0 fully saturated rings. The maximum absolute atomic E-state index is 13.4. The molecule has 3 aromatic carbocycles. The monoisotopic (exact) mass is 567 g/mol. The molecule has 2 N–H and O–H groups in total. The van der Waals surface area contributed by atoms with Gasteiger partial charge >= 0.3 is 12.0 Å². The molecule has 1 unspecified atom stereocenters. The Morgan fingerprint density at radius 1 is 1.02 bits per heavy atom. The standard InChI is InChI=1S/C32H29N3O5S/c1-20-25(19-31(37)40-35(32(33)38)21(2)29-17-23-11-7-8-12-28(23)41-29)26-18-24(39-3)14-15-27(26)34(20)30(36)16-13-22-9-5-4-6-10-22/h4-18,21H,19H2,1-3H3,(H2,33,38). The molecule has 0 bridgehead atoms. The molecular formula is C32H29N3O5S. The van der Waals surface area contributed by atoms with E-state index in [1.54, 1.807) is 49.8 Å². The van der Waals surface area contributed by atoms with E-state index >= 15 is 0 Å². The Labute approximate surface area is 241 Å². The lowest BCUT2D eigenvalue weighted by atomic mass is 10.1. The first-order valence-electron chi connectivity index (χ1n) is 13.0. The number of amides is 2. The van der Waals surface area contributed by atoms with Crippen LogP contribution in [-0.2, 0) is 16.1 Å². The van der Waals surface area contributed by atoms with E-state index in [2.05, 4.69) is 0 Å². The molecule has 0 aliphatic rings. The summed E-state index contributed by atoms with van der Waals surface area (Å²) >= 11 is 1.50. The van der Waals surface area contributed by atoms with E-state index in [1.165, 1.54) is 17.4 Å². The van der Waals surface area contributed by atoms with Crippen LogP contribution in [0.25, 0.3) is 27.1 Å². The second-order valence-electron chi connectivity index (χ2n) is 9.53. The molecule has 0 aliphatic heterocycles. The highest BCUT2D eigenvalue weighted by Gasteiger charge is 2.27. The fourth-order valence-electron chi connectivity index (χ4n) is 4.83. The zero-order valence-electron chi connectivity index (χ0n) is 22.9. The van der Waals surface area contributed by atoms with Gasteiger partial charge in [0, 0.05) is 26.7 Å². The Balaban J connectivity index is 1.44. The van der Waals surface area contributed by atoms with Crippen LogP contribution < -0.4 is 10.5 Å². The largest absolute Gasteiger partial charge is 0.497 e. The summed E-state index contributed by atoms with van der Waals surface area (Å²) in [5.74, 6) is -0.374. The van der Waals surface area contributed by atoms with Crippen LogP contribution in [0.4, 0.5) is 4.79 Å². The van der Waals surface area contributed by atoms with Crippen molar-refractivity contribution < 1.29 is 24.0 Å². The van der Waals surface area contributed by atoms with Crippen molar-refractivity contribution in [1.29, 1.82) is 0 Å². The van der Waals surface area contributed by atoms with Crippen molar-refractivity contribution >= 4 is 56.3 Å². The topological polar surface area (TPSA) is 104 Å². The number of thiophene rings is 1. The summed E-state index contributed by atoms with van der Waals surface area (Å²) < 4.78 is 8.01. The van der Waals surface area contributed by atoms with Crippen molar-refractivity contribution in [2.45, 2.75) is 26.3 Å². The van der Waals surface area contributed by atoms with Crippen molar-refractivity contribution in [3.63, 3.8) is 0 Å². The zero-order valence-corrected chi connectivity index (χ0v) is 23.7. The maximum atomic E-state index is 13.4. The first-order valence-corrected chi connectivity index (χ1v) is 13.8. The van der Waals surface area contributed by atoms with E-state index in [1.807, 2.05) is 60.7 Å². The highest BCUT2D eigenvalue weighted by Crippen LogP contribution is 2.34. The lowest BCUT2D eigenvalue weighted by Crippen LogP contribution is -2.39. The predicted molar refractivity (Wildman–Crippen MR) is 161 cm³/mol. The van der Waals surface area contributed by atoms with Crippen LogP contribution in [0, 0.1) is 6.92 Å². The van der Waals surface area contributed by atoms with Gasteiger partial charge in [-0.2, -0.15) is 0 Å². The Morgan fingerprint density at radius 3 is 2.46 bits per heavy atom. The molecule has 0 saturated carbocycles. The van der Waals surface area contributed by atoms with Crippen molar-refractivity contribution in [2.75, 3.05) is 7.11 Å². The smallest absolute Gasteiger partial charge is 0.348 e. The molecule has 0 radical (unpaired) electrons. The molecule has 5 rings (SSSR count). The number of fused-ring (bicyclic) bond motifs is 2. The normalized spacial score (nSPS) is 12.1. The van der Waals surface area contributed by atoms with Crippen LogP contribution in [0.15, 0.2) is 84.9 Å². The van der Waals surface area contributed by atoms with Crippen molar-refractivity contribution in [2.24, 2.45) is 5.73 Å². The number of hydroxylamine groups is 2. The van der Waals surface area contributed by atoms with Crippen LogP contribution in [0.1, 0.15) is 39.5 Å². The lowest BCUT2D eigenvalue weighted by Gasteiger charge is -2.24. The minimum atomic E-state index is -0.884. The van der Waals surface area contributed by atoms with Crippen molar-refractivity contribution in [3.05, 3.63) is 107 Å². The van der Waals surface area contributed by atoms with Crippen LogP contribution in [0.2, 0.25) is 0 Å². The Kier molecular flexibility index (Phi) is 7.89. The summed E-state index contributed by atoms with van der Waals surface area (Å²) in [7, 11) is 1.55. The molecule has 0 aliphatic carbocycles. The number of urea groups is 1. The van der Waals surface area contributed by atoms with Gasteiger partial charge in [-0.05, 0) is 66.8 Å². The third-order valence-corrected chi connectivity index (χ3v) is 8.21. The third-order valence-electron chi connectivity index (χ3n) is 6.93. The first kappa shape index (κ1) is 27.7. The molecule has 5 aromatic rings. The molecule has 208 valence electrons. The Bertz CT molecular complexity index is 1750. The summed E-state index contributed by atoms with van der Waals surface area (Å²) in [5.41, 5.74) is 8.32. The van der Waals surface area contributed by atoms with Gasteiger partial charge in [-0.3, -0.25) is 9.36 Å². The summed E-state index contributed by atoms with van der Waals surface area (Å²) in [6.45, 7) is 3.53. The van der Waals surface area contributed by atoms with Gasteiger partial charge in [0.25, 0.3) is 5.91 Å². The summed E-state index contributed by atoms with van der Waals surface area (Å²) in [6.07, 6.45) is 3.04. The summed E-state index contributed by atoms with van der Waals surface area (Å²) in [6, 6.07) is 23.1. The zero-order chi connectivity index (χ0) is 29.1. The van der Waals surface area contributed by atoms with Crippen LogP contribution in [0.5, 0.6) is 5.75 Å². The molecule has 0 saturated heterocycles. The number of primary amides is 1. The van der Waals surface area contributed by atoms with Crippen LogP contribution in [0.3, 0.4) is 0 Å². The van der Waals surface area contributed by atoms with Gasteiger partial charge in [0.05, 0.1) is 19.0 Å². The van der Waals surface area contributed by atoms with Crippen molar-refractivity contribution in [3.8, 4) is 5.75 Å². The number of carbonyl (C=O) groups excluding carboxylic acids is 3. The number of methoxy groups -OCH3 is 1. The molecule has 41 heavy (non-hydrogen) atoms. The van der Waals surface area contributed by atoms with E-state index in [0.29, 0.717) is 27.9 Å². The number of allylic oxidation sites excluding steroid dienone is 1. The van der Waals surface area contributed by atoms with Gasteiger partial charge < -0.3 is 15.3 Å². The molecule has 2 amide bonds. The number of nitrogens with two attached hydrogens (primary N) is 1. The number of benzene rings is 3. The number of rotatable bonds is 7. The van der Waals surface area contributed by atoms with E-state index < -0.39 is 18.0 Å². The van der Waals surface area contributed by atoms with Gasteiger partial charge in [-0.1, -0.05) is 48.5 Å². The highest BCUT2D eigenvalue weighted by atomic mass is 32.1. The fourth-order valence-corrected chi connectivity index (χ4v) is 5.93. The van der Waals surface area contributed by atoms with E-state index in [9.17, 15) is 14.4 Å². The van der Waals surface area contributed by atoms with Gasteiger partial charge in [0.1, 0.15) is 11.8 Å². The van der Waals surface area contributed by atoms with Gasteiger partial charge in [-0.15, -0.1) is 16.4 Å². The number of carbonyl (C=O) groups is 3. The molecule has 1 atom stereocenters. The highest BCUT2D eigenvalue weighted by molar-refractivity contribution is 7.19. The number of hydrogen-bond donors (Lipinski definition) is 1. The second kappa shape index (κ2) is 11.7. The number of aromatic nitrogens is 1. The Morgan fingerprint density at radius 2 is 1.76 bits per heavy atom. The fraction of sp³-hybridized carbons (Fsp3) is 0.156. The first-order chi connectivity index (χ1) is 19.8. The van der Waals surface area contributed by atoms with Gasteiger partial charge in [0.15, 0.2) is 0 Å². The van der Waals surface area contributed by atoms with Crippen LogP contribution >= 0.6 is 11.3 Å². The predicted octanol–water partition coefficient (Wildman–Crippen LogP) is 6.67. The van der Waals surface area contributed by atoms with Crippen molar-refractivity contribution in [1.82, 2.24) is 9.63 Å². The second-order valence-corrected chi connectivity index (χ2v) is 10.6. The van der Waals surface area contributed by atoms with E-state index in [-0.39, 0.29) is 12.3 Å². The average molecular weight is 568 g/mol.